The Hall–Kier alpha value is -2.67. The standard InChI is InChI=1S/C34H39Cl2F2N4O3S2/c1-34(2,22-7-12-28(35)31(17-22)45-6)32-20-39-33(41(32)24-10-8-23(37)9-11-24)46-21-27-29(36)18-26(19-30(27)38)47(43,44)40-15-13-25(14-16-40)42(3,4)5/h7-12,17-20,25H,13-16,21H2,1-6H3/q+1. The Labute approximate surface area is 290 Å². The maximum absolute atomic E-state index is 15.6. The molecule has 0 saturated carbocycles. The molecule has 1 aliphatic rings. The number of nitrogens with zero attached hydrogens (tertiary/aromatic N) is 4. The Morgan fingerprint density at radius 3 is 2.26 bits per heavy atom. The van der Waals surface area contributed by atoms with E-state index >= 15 is 4.39 Å². The van der Waals surface area contributed by atoms with Gasteiger partial charge in [0.25, 0.3) is 0 Å². The molecule has 0 amide bonds. The molecule has 1 fully saturated rings. The third-order valence-electron chi connectivity index (χ3n) is 8.94. The predicted molar refractivity (Wildman–Crippen MR) is 184 cm³/mol. The summed E-state index contributed by atoms with van der Waals surface area (Å²) in [4.78, 5) is 4.53. The normalized spacial score (nSPS) is 15.3. The quantitative estimate of drug-likeness (QED) is 0.123. The minimum atomic E-state index is -3.92. The fourth-order valence-corrected chi connectivity index (χ4v) is 9.07. The number of hydrogen-bond donors (Lipinski definition) is 0. The summed E-state index contributed by atoms with van der Waals surface area (Å²) in [6, 6.07) is 14.3. The highest BCUT2D eigenvalue weighted by Gasteiger charge is 2.35. The van der Waals surface area contributed by atoms with Crippen LogP contribution in [0, 0.1) is 11.6 Å². The van der Waals surface area contributed by atoms with Crippen molar-refractivity contribution in [1.29, 1.82) is 0 Å². The van der Waals surface area contributed by atoms with Crippen molar-refractivity contribution in [3.05, 3.63) is 99.3 Å². The fourth-order valence-electron chi connectivity index (χ4n) is 5.92. The zero-order valence-corrected chi connectivity index (χ0v) is 30.4. The van der Waals surface area contributed by atoms with Crippen LogP contribution in [-0.2, 0) is 21.2 Å². The number of hydrogen-bond acceptors (Lipinski definition) is 5. The molecule has 7 nitrogen and oxygen atoms in total. The van der Waals surface area contributed by atoms with Gasteiger partial charge in [-0.25, -0.2) is 22.2 Å². The number of ether oxygens (including phenoxy) is 1. The van der Waals surface area contributed by atoms with Gasteiger partial charge in [0.05, 0.1) is 56.1 Å². The van der Waals surface area contributed by atoms with Crippen molar-refractivity contribution in [2.75, 3.05) is 41.3 Å². The Morgan fingerprint density at radius 2 is 1.66 bits per heavy atom. The molecule has 1 saturated heterocycles. The SMILES string of the molecule is COc1cc(C(C)(C)c2cnc(SCc3c(F)cc(S(=O)(=O)N4CCC([N+](C)(C)C)CC4)cc3Cl)n2-c2ccc(F)cc2)ccc1Cl. The van der Waals surface area contributed by atoms with Crippen LogP contribution in [0.25, 0.3) is 5.69 Å². The van der Waals surface area contributed by atoms with Gasteiger partial charge in [-0.3, -0.25) is 4.57 Å². The van der Waals surface area contributed by atoms with Crippen LogP contribution < -0.4 is 4.74 Å². The number of methoxy groups -OCH3 is 1. The number of quaternary nitrogens is 1. The van der Waals surface area contributed by atoms with Crippen molar-refractivity contribution in [3.8, 4) is 11.4 Å². The van der Waals surface area contributed by atoms with E-state index in [1.165, 1.54) is 34.3 Å². The van der Waals surface area contributed by atoms with Crippen LogP contribution in [0.4, 0.5) is 8.78 Å². The lowest BCUT2D eigenvalue weighted by Gasteiger charge is -2.39. The molecule has 5 rings (SSSR count). The summed E-state index contributed by atoms with van der Waals surface area (Å²) >= 11 is 14.1. The molecule has 0 N–H and O–H groups in total. The molecule has 0 radical (unpaired) electrons. The molecule has 13 heteroatoms. The van der Waals surface area contributed by atoms with Gasteiger partial charge >= 0.3 is 0 Å². The smallest absolute Gasteiger partial charge is 0.243 e. The van der Waals surface area contributed by atoms with Crippen molar-refractivity contribution < 1.29 is 26.4 Å². The van der Waals surface area contributed by atoms with E-state index in [2.05, 4.69) is 26.1 Å². The summed E-state index contributed by atoms with van der Waals surface area (Å²) in [5.41, 5.74) is 1.91. The highest BCUT2D eigenvalue weighted by atomic mass is 35.5. The van der Waals surface area contributed by atoms with Crippen molar-refractivity contribution in [2.45, 2.75) is 54.0 Å². The first-order chi connectivity index (χ1) is 22.0. The Balaban J connectivity index is 1.44. The second kappa shape index (κ2) is 13.7. The molecule has 4 aromatic rings. The molecule has 2 heterocycles. The number of sulfonamides is 1. The Morgan fingerprint density at radius 1 is 1.00 bits per heavy atom. The van der Waals surface area contributed by atoms with Crippen molar-refractivity contribution in [1.82, 2.24) is 13.9 Å². The van der Waals surface area contributed by atoms with Crippen LogP contribution in [0.3, 0.4) is 0 Å². The highest BCUT2D eigenvalue weighted by Crippen LogP contribution is 2.40. The number of piperidine rings is 1. The molecule has 0 unspecified atom stereocenters. The van der Waals surface area contributed by atoms with Gasteiger partial charge in [-0.05, 0) is 54.1 Å². The van der Waals surface area contributed by atoms with Gasteiger partial charge in [-0.15, -0.1) is 0 Å². The van der Waals surface area contributed by atoms with Crippen LogP contribution in [0.15, 0.2) is 70.8 Å². The van der Waals surface area contributed by atoms with E-state index in [0.717, 1.165) is 34.6 Å². The minimum absolute atomic E-state index is 0.0195. The van der Waals surface area contributed by atoms with Gasteiger partial charge in [0.2, 0.25) is 10.0 Å². The maximum Gasteiger partial charge on any atom is 0.243 e. The molecule has 1 aliphatic heterocycles. The van der Waals surface area contributed by atoms with Crippen molar-refractivity contribution >= 4 is 45.0 Å². The maximum atomic E-state index is 15.6. The molecule has 3 aromatic carbocycles. The molecular weight excluding hydrogens is 685 g/mol. The predicted octanol–water partition coefficient (Wildman–Crippen LogP) is 7.94. The van der Waals surface area contributed by atoms with Crippen LogP contribution in [-0.4, -0.2) is 74.1 Å². The second-order valence-corrected chi connectivity index (χ2v) is 16.8. The Kier molecular flexibility index (Phi) is 10.4. The van der Waals surface area contributed by atoms with Gasteiger partial charge in [-0.2, -0.15) is 4.31 Å². The van der Waals surface area contributed by atoms with Gasteiger partial charge < -0.3 is 9.22 Å². The molecule has 0 spiro atoms. The van der Waals surface area contributed by atoms with Crippen molar-refractivity contribution in [3.63, 3.8) is 0 Å². The van der Waals surface area contributed by atoms with E-state index < -0.39 is 21.3 Å². The molecule has 252 valence electrons. The lowest BCUT2D eigenvalue weighted by Crippen LogP contribution is -2.52. The molecular formula is C34H39Cl2F2N4O3S2+. The second-order valence-electron chi connectivity index (χ2n) is 13.1. The molecule has 0 atom stereocenters. The van der Waals surface area contributed by atoms with E-state index in [1.54, 1.807) is 31.5 Å². The monoisotopic (exact) mass is 723 g/mol. The number of rotatable bonds is 10. The van der Waals surface area contributed by atoms with Gasteiger partial charge in [-0.1, -0.05) is 54.9 Å². The fraction of sp³-hybridized carbons (Fsp3) is 0.382. The number of benzene rings is 3. The number of halogens is 4. The average Bonchev–Trinajstić information content (AvgIpc) is 3.45. The van der Waals surface area contributed by atoms with E-state index in [0.29, 0.717) is 40.7 Å². The lowest BCUT2D eigenvalue weighted by molar-refractivity contribution is -0.897. The molecule has 0 aliphatic carbocycles. The zero-order chi connectivity index (χ0) is 34.3. The molecule has 1 aromatic heterocycles. The number of imidazole rings is 1. The van der Waals surface area contributed by atoms with Crippen LogP contribution in [0.2, 0.25) is 10.0 Å². The van der Waals surface area contributed by atoms with Crippen LogP contribution >= 0.6 is 35.0 Å². The minimum Gasteiger partial charge on any atom is -0.495 e. The third-order valence-corrected chi connectivity index (χ3v) is 12.4. The van der Waals surface area contributed by atoms with Crippen molar-refractivity contribution in [2.24, 2.45) is 0 Å². The van der Waals surface area contributed by atoms with Crippen LogP contribution in [0.1, 0.15) is 43.5 Å². The van der Waals surface area contributed by atoms with Crippen LogP contribution in [0.5, 0.6) is 5.75 Å². The summed E-state index contributed by atoms with van der Waals surface area (Å²) in [6.07, 6.45) is 3.18. The van der Waals surface area contributed by atoms with E-state index in [9.17, 15) is 12.8 Å². The van der Waals surface area contributed by atoms with E-state index in [4.69, 9.17) is 27.9 Å². The topological polar surface area (TPSA) is 64.4 Å². The lowest BCUT2D eigenvalue weighted by atomic mass is 9.81. The summed E-state index contributed by atoms with van der Waals surface area (Å²) in [7, 11) is 3.94. The summed E-state index contributed by atoms with van der Waals surface area (Å²) in [5, 5.41) is 1.02. The highest BCUT2D eigenvalue weighted by molar-refractivity contribution is 7.98. The first-order valence-corrected chi connectivity index (χ1v) is 18.3. The largest absolute Gasteiger partial charge is 0.495 e. The summed E-state index contributed by atoms with van der Waals surface area (Å²) in [6.45, 7) is 4.79. The Bertz CT molecular complexity index is 1850. The number of thioether (sulfide) groups is 1. The first kappa shape index (κ1) is 35.6. The first-order valence-electron chi connectivity index (χ1n) is 15.1. The summed E-state index contributed by atoms with van der Waals surface area (Å²) < 4.78 is 66.1. The summed E-state index contributed by atoms with van der Waals surface area (Å²) in [5.74, 6) is -0.484. The molecule has 0 bridgehead atoms. The molecule has 47 heavy (non-hydrogen) atoms. The van der Waals surface area contributed by atoms with E-state index in [1.807, 2.05) is 30.5 Å². The van der Waals surface area contributed by atoms with E-state index in [-0.39, 0.29) is 27.1 Å². The number of aromatic nitrogens is 2. The third kappa shape index (κ3) is 7.35. The van der Waals surface area contributed by atoms with Gasteiger partial charge in [0, 0.05) is 53.4 Å². The average molecular weight is 725 g/mol. The van der Waals surface area contributed by atoms with Gasteiger partial charge in [0.15, 0.2) is 5.16 Å². The zero-order valence-electron chi connectivity index (χ0n) is 27.2. The van der Waals surface area contributed by atoms with Gasteiger partial charge in [0.1, 0.15) is 17.4 Å².